The van der Waals surface area contributed by atoms with Crippen molar-refractivity contribution in [3.8, 4) is 0 Å². The van der Waals surface area contributed by atoms with Crippen molar-refractivity contribution >= 4 is 62.8 Å². The Balaban J connectivity index is 0. The molecule has 0 unspecified atom stereocenters. The molecule has 0 bridgehead atoms. The Morgan fingerprint density at radius 2 is 1.25 bits per heavy atom. The number of hydrogen-bond acceptors (Lipinski definition) is 1. The molecule has 0 aromatic rings. The third-order valence-corrected chi connectivity index (χ3v) is 0. The van der Waals surface area contributed by atoms with Gasteiger partial charge in [0.15, 0.2) is 0 Å². The first kappa shape index (κ1) is 9.49. The van der Waals surface area contributed by atoms with E-state index in [0.717, 1.165) is 0 Å². The van der Waals surface area contributed by atoms with E-state index in [4.69, 9.17) is 8.42 Å². The molecule has 22 valence electrons. The van der Waals surface area contributed by atoms with Gasteiger partial charge in [-0.3, -0.25) is 4.66 Å². The normalized spacial score (nSPS) is 3.25. The van der Waals surface area contributed by atoms with Crippen molar-refractivity contribution in [2.75, 3.05) is 0 Å². The van der Waals surface area contributed by atoms with Crippen LogP contribution in [0.25, 0.3) is 0 Å². The van der Waals surface area contributed by atoms with Crippen LogP contribution >= 0.6 is 15.6 Å². The SMILES string of the molecule is OCl.[Cl][K]. The molecule has 0 saturated carbocycles. The van der Waals surface area contributed by atoms with Crippen LogP contribution in [0.5, 0.6) is 0 Å². The zero-order valence-corrected chi connectivity index (χ0v) is 6.84. The van der Waals surface area contributed by atoms with Crippen molar-refractivity contribution in [2.45, 2.75) is 0 Å². The third-order valence-electron chi connectivity index (χ3n) is 0. The summed E-state index contributed by atoms with van der Waals surface area (Å²) in [6.07, 6.45) is 0. The standard InChI is InChI=1S/ClHO.ClH.K/c1-2;;/h2H;1H;/q;;+1/p-1. The summed E-state index contributed by atoms with van der Waals surface area (Å²) in [6.45, 7) is 0. The Labute approximate surface area is 65.8 Å². The van der Waals surface area contributed by atoms with Gasteiger partial charge in [0.1, 0.15) is 0 Å². The zero-order chi connectivity index (χ0) is 4.00. The summed E-state index contributed by atoms with van der Waals surface area (Å²) in [5.41, 5.74) is 0. The molecule has 4 heteroatoms. The second-order valence-electron chi connectivity index (χ2n) is 0. The van der Waals surface area contributed by atoms with E-state index in [2.05, 4.69) is 11.9 Å². The first-order chi connectivity index (χ1) is 2.00. The van der Waals surface area contributed by atoms with Crippen LogP contribution in [0.3, 0.4) is 0 Å². The fourth-order valence-corrected chi connectivity index (χ4v) is 0. The molecule has 0 radical (unpaired) electrons. The summed E-state index contributed by atoms with van der Waals surface area (Å²) >= 11 is 4.17. The van der Waals surface area contributed by atoms with Crippen LogP contribution in [0, 0.1) is 0 Å². The van der Waals surface area contributed by atoms with Crippen LogP contribution in [-0.2, 0) is 0 Å². The van der Waals surface area contributed by atoms with Gasteiger partial charge in [0, 0.05) is 0 Å². The number of halogens is 2. The molecule has 0 spiro atoms. The van der Waals surface area contributed by atoms with Gasteiger partial charge in [0.2, 0.25) is 0 Å². The van der Waals surface area contributed by atoms with Gasteiger partial charge in [-0.1, -0.05) is 0 Å². The maximum absolute atomic E-state index is 6.47. The van der Waals surface area contributed by atoms with Gasteiger partial charge in [-0.25, -0.2) is 0 Å². The predicted octanol–water partition coefficient (Wildman–Crippen LogP) is 0.441. The second kappa shape index (κ2) is 19.1. The average Bonchev–Trinajstić information content (AvgIpc) is 1.50. The predicted molar refractivity (Wildman–Crippen MR) is 19.7 cm³/mol. The topological polar surface area (TPSA) is 20.2 Å². The summed E-state index contributed by atoms with van der Waals surface area (Å²) in [5.74, 6) is 0. The van der Waals surface area contributed by atoms with Gasteiger partial charge in [-0.15, -0.1) is 0 Å². The van der Waals surface area contributed by atoms with E-state index in [0.29, 0.717) is 47.1 Å². The van der Waals surface area contributed by atoms with Gasteiger partial charge in [-0.05, 0) is 0 Å². The van der Waals surface area contributed by atoms with Crippen LogP contribution in [-0.4, -0.2) is 51.8 Å². The van der Waals surface area contributed by atoms with Gasteiger partial charge < -0.3 is 0 Å². The molecule has 1 nitrogen and oxygen atoms in total. The molecule has 0 aromatic heterocycles. The molecular weight excluding hydrogens is 126 g/mol. The number of rotatable bonds is 0. The van der Waals surface area contributed by atoms with Crippen molar-refractivity contribution < 1.29 is 4.66 Å². The monoisotopic (exact) mass is 126 g/mol. The molecule has 0 aliphatic rings. The summed E-state index contributed by atoms with van der Waals surface area (Å²) in [7, 11) is 0. The van der Waals surface area contributed by atoms with E-state index in [-0.39, 0.29) is 0 Å². The summed E-state index contributed by atoms with van der Waals surface area (Å²) < 4.78 is 11.3. The number of hydrogen-bond donors (Lipinski definition) is 1. The van der Waals surface area contributed by atoms with Crippen LogP contribution in [0.15, 0.2) is 0 Å². The van der Waals surface area contributed by atoms with Crippen LogP contribution < -0.4 is 0 Å². The van der Waals surface area contributed by atoms with E-state index in [1.54, 1.807) is 0 Å². The molecule has 1 N–H and O–H groups in total. The van der Waals surface area contributed by atoms with Crippen molar-refractivity contribution in [1.82, 2.24) is 0 Å². The first-order valence-corrected chi connectivity index (χ1v) is 5.18. The van der Waals surface area contributed by atoms with E-state index >= 15 is 0 Å². The summed E-state index contributed by atoms with van der Waals surface area (Å²) in [5, 5.41) is 0. The van der Waals surface area contributed by atoms with Gasteiger partial charge >= 0.3 is 50.9 Å². The second-order valence-corrected chi connectivity index (χ2v) is 0. The molecule has 0 rings (SSSR count). The average molecular weight is 127 g/mol. The van der Waals surface area contributed by atoms with Crippen LogP contribution in [0.4, 0.5) is 0 Å². The molecule has 0 atom stereocenters. The minimum absolute atomic E-state index is 0.535. The van der Waals surface area contributed by atoms with Crippen LogP contribution in [0.1, 0.15) is 0 Å². The fraction of sp³-hybridized carbons (Fsp3) is 0. The Hall–Kier alpha value is 2.18. The summed E-state index contributed by atoms with van der Waals surface area (Å²) in [4.78, 5) is 0. The van der Waals surface area contributed by atoms with Crippen molar-refractivity contribution in [1.29, 1.82) is 0 Å². The molecule has 0 fully saturated rings. The van der Waals surface area contributed by atoms with E-state index in [1.165, 1.54) is 0 Å². The van der Waals surface area contributed by atoms with Crippen molar-refractivity contribution in [3.05, 3.63) is 0 Å². The van der Waals surface area contributed by atoms with E-state index in [1.807, 2.05) is 0 Å². The molecule has 0 heterocycles. The van der Waals surface area contributed by atoms with E-state index < -0.39 is 0 Å². The molecule has 0 amide bonds. The maximum atomic E-state index is 6.47. The van der Waals surface area contributed by atoms with Crippen molar-refractivity contribution in [3.63, 3.8) is 0 Å². The third kappa shape index (κ3) is 8.90. The summed E-state index contributed by atoms with van der Waals surface area (Å²) in [6, 6.07) is 0. The molecule has 0 aliphatic heterocycles. The molecule has 0 saturated heterocycles. The Bertz CT molecular complexity index is 6.00. The molecule has 0 aliphatic carbocycles. The quantitative estimate of drug-likeness (QED) is 0.468. The Kier molecular flexibility index (Phi) is 45.2. The minimum atomic E-state index is 0.535. The molecule has 4 heavy (non-hydrogen) atoms. The van der Waals surface area contributed by atoms with Gasteiger partial charge in [0.05, 0.1) is 11.9 Å². The molecule has 0 aromatic carbocycles. The van der Waals surface area contributed by atoms with E-state index in [9.17, 15) is 0 Å². The first-order valence-electron chi connectivity index (χ1n) is 0.547. The zero-order valence-electron chi connectivity index (χ0n) is 2.20. The van der Waals surface area contributed by atoms with Crippen LogP contribution in [0.2, 0.25) is 0 Å². The van der Waals surface area contributed by atoms with Gasteiger partial charge in [-0.2, -0.15) is 0 Å². The molecular formula is HCl2KO. The van der Waals surface area contributed by atoms with Gasteiger partial charge in [0.25, 0.3) is 0 Å². The fourth-order valence-electron chi connectivity index (χ4n) is 0. The Morgan fingerprint density at radius 3 is 1.25 bits per heavy atom. The van der Waals surface area contributed by atoms with Crippen molar-refractivity contribution in [2.24, 2.45) is 0 Å². The Morgan fingerprint density at radius 1 is 1.25 bits per heavy atom.